The van der Waals surface area contributed by atoms with Gasteiger partial charge in [-0.1, -0.05) is 165 Å². The van der Waals surface area contributed by atoms with E-state index in [9.17, 15) is 0 Å². The van der Waals surface area contributed by atoms with Crippen LogP contribution in [0, 0.1) is 0 Å². The zero-order valence-corrected chi connectivity index (χ0v) is 35.0. The number of para-hydroxylation sites is 3. The zero-order chi connectivity index (χ0) is 41.9. The highest BCUT2D eigenvalue weighted by atomic mass is 15.1. The molecule has 63 heavy (non-hydrogen) atoms. The van der Waals surface area contributed by atoms with Crippen LogP contribution in [-0.2, 0) is 6.42 Å². The van der Waals surface area contributed by atoms with E-state index in [1.807, 2.05) is 0 Å². The molecule has 298 valence electrons. The summed E-state index contributed by atoms with van der Waals surface area (Å²) in [6.07, 6.45) is 0.982. The molecule has 2 aromatic heterocycles. The normalized spacial score (nSPS) is 11.6. The van der Waals surface area contributed by atoms with Gasteiger partial charge in [-0.25, -0.2) is 0 Å². The van der Waals surface area contributed by atoms with E-state index in [1.165, 1.54) is 82.2 Å². The maximum absolute atomic E-state index is 2.44. The number of rotatable bonds is 8. The van der Waals surface area contributed by atoms with Crippen molar-refractivity contribution in [3.63, 3.8) is 0 Å². The molecule has 0 saturated heterocycles. The smallest absolute Gasteiger partial charge is 0.0561 e. The Labute approximate surface area is 367 Å². The molecule has 12 rings (SSSR count). The van der Waals surface area contributed by atoms with E-state index < -0.39 is 0 Å². The summed E-state index contributed by atoms with van der Waals surface area (Å²) in [4.78, 5) is 2.42. The van der Waals surface area contributed by atoms with Gasteiger partial charge in [-0.2, -0.15) is 0 Å². The minimum Gasteiger partial charge on any atom is -0.310 e. The maximum atomic E-state index is 2.44. The van der Waals surface area contributed by atoms with Crippen molar-refractivity contribution in [2.45, 2.75) is 13.3 Å². The molecule has 0 fully saturated rings. The number of nitrogens with zero attached hydrogens (tertiary/aromatic N) is 3. The van der Waals surface area contributed by atoms with Crippen molar-refractivity contribution in [1.82, 2.24) is 9.13 Å². The Morgan fingerprint density at radius 1 is 0.349 bits per heavy atom. The summed E-state index contributed by atoms with van der Waals surface area (Å²) in [6.45, 7) is 2.23. The zero-order valence-electron chi connectivity index (χ0n) is 35.0. The highest BCUT2D eigenvalue weighted by molar-refractivity contribution is 6.12. The number of anilines is 3. The summed E-state index contributed by atoms with van der Waals surface area (Å²) in [7, 11) is 0. The molecule has 0 bridgehead atoms. The summed E-state index contributed by atoms with van der Waals surface area (Å²) in [6, 6.07) is 84.4. The lowest BCUT2D eigenvalue weighted by atomic mass is 9.91. The van der Waals surface area contributed by atoms with Gasteiger partial charge in [0.25, 0.3) is 0 Å². The molecule has 0 spiro atoms. The molecule has 3 heteroatoms. The average molecular weight is 806 g/mol. The van der Waals surface area contributed by atoms with Crippen molar-refractivity contribution in [3.8, 4) is 33.6 Å². The van der Waals surface area contributed by atoms with Crippen LogP contribution in [0.5, 0.6) is 0 Å². The Morgan fingerprint density at radius 2 is 0.857 bits per heavy atom. The first-order valence-electron chi connectivity index (χ1n) is 21.9. The summed E-state index contributed by atoms with van der Waals surface area (Å²) in [5, 5.41) is 7.49. The molecule has 10 aromatic carbocycles. The minimum absolute atomic E-state index is 0.982. The largest absolute Gasteiger partial charge is 0.310 e. The number of aromatic nitrogens is 2. The molecule has 0 radical (unpaired) electrons. The van der Waals surface area contributed by atoms with Gasteiger partial charge in [-0.05, 0) is 118 Å². The summed E-state index contributed by atoms with van der Waals surface area (Å²) in [5.74, 6) is 0. The predicted octanol–water partition coefficient (Wildman–Crippen LogP) is 16.4. The van der Waals surface area contributed by atoms with E-state index in [0.717, 1.165) is 34.9 Å². The molecule has 0 amide bonds. The van der Waals surface area contributed by atoms with E-state index in [0.29, 0.717) is 0 Å². The first-order chi connectivity index (χ1) is 31.2. The lowest BCUT2D eigenvalue weighted by Gasteiger charge is -2.27. The molecule has 12 aromatic rings. The monoisotopic (exact) mass is 805 g/mol. The van der Waals surface area contributed by atoms with Crippen LogP contribution in [0.15, 0.2) is 231 Å². The van der Waals surface area contributed by atoms with E-state index in [1.54, 1.807) is 0 Å². The lowest BCUT2D eigenvalue weighted by molar-refractivity contribution is 1.13. The SMILES string of the molecule is CCc1ccc2c3ccc(N(c4ccc(-c5cccc6cccc(-c7ccccc7)c56)cc4)c4cccc(-n5c6ccccc6c6ccccc65)c4)cc3n(-c3ccccc3)c2c1. The van der Waals surface area contributed by atoms with Crippen LogP contribution in [0.25, 0.3) is 88.0 Å². The Morgan fingerprint density at radius 3 is 1.54 bits per heavy atom. The fraction of sp³-hybridized carbons (Fsp3) is 0.0333. The van der Waals surface area contributed by atoms with Crippen molar-refractivity contribution in [2.24, 2.45) is 0 Å². The van der Waals surface area contributed by atoms with Crippen molar-refractivity contribution >= 4 is 71.4 Å². The van der Waals surface area contributed by atoms with Crippen LogP contribution in [-0.4, -0.2) is 9.13 Å². The Hall–Kier alpha value is -8.14. The molecule has 0 saturated carbocycles. The minimum atomic E-state index is 0.982. The fourth-order valence-electron chi connectivity index (χ4n) is 9.92. The van der Waals surface area contributed by atoms with Gasteiger partial charge < -0.3 is 14.0 Å². The van der Waals surface area contributed by atoms with Crippen LogP contribution in [0.2, 0.25) is 0 Å². The van der Waals surface area contributed by atoms with Gasteiger partial charge in [-0.15, -0.1) is 0 Å². The Kier molecular flexibility index (Phi) is 8.79. The average Bonchev–Trinajstić information content (AvgIpc) is 3.87. The number of hydrogen-bond acceptors (Lipinski definition) is 1. The fourth-order valence-corrected chi connectivity index (χ4v) is 9.92. The third-order valence-corrected chi connectivity index (χ3v) is 12.8. The molecule has 0 atom stereocenters. The van der Waals surface area contributed by atoms with E-state index >= 15 is 0 Å². The van der Waals surface area contributed by atoms with Crippen LogP contribution in [0.1, 0.15) is 12.5 Å². The molecule has 2 heterocycles. The van der Waals surface area contributed by atoms with Gasteiger partial charge in [0, 0.05) is 50.0 Å². The summed E-state index contributed by atoms with van der Waals surface area (Å²) in [5.41, 5.74) is 16.5. The standard InChI is InChI=1S/C60H43N3/c1-2-41-30-36-54-55-37-35-49(40-59(55)62(58(54)38-41)45-20-7-4-8-21-45)61(47-22-15-23-48(39-47)63-56-28-11-9-24-52(56)53-25-10-12-29-57(53)63)46-33-31-43(32-34-46)51-27-14-19-44-18-13-26-50(60(44)51)42-16-5-3-6-17-42/h3-40H,2H2,1H3. The first kappa shape index (κ1) is 36.7. The number of hydrogen-bond donors (Lipinski definition) is 0. The van der Waals surface area contributed by atoms with Gasteiger partial charge >= 0.3 is 0 Å². The van der Waals surface area contributed by atoms with Crippen molar-refractivity contribution in [3.05, 3.63) is 236 Å². The highest BCUT2D eigenvalue weighted by Crippen LogP contribution is 2.43. The van der Waals surface area contributed by atoms with Crippen LogP contribution < -0.4 is 4.90 Å². The molecular weight excluding hydrogens is 763 g/mol. The maximum Gasteiger partial charge on any atom is 0.0561 e. The van der Waals surface area contributed by atoms with Crippen molar-refractivity contribution in [2.75, 3.05) is 4.90 Å². The van der Waals surface area contributed by atoms with Gasteiger partial charge in [-0.3, -0.25) is 0 Å². The number of fused-ring (bicyclic) bond motifs is 7. The number of benzene rings is 10. The second kappa shape index (κ2) is 15.1. The van der Waals surface area contributed by atoms with Crippen LogP contribution in [0.3, 0.4) is 0 Å². The molecule has 0 aliphatic carbocycles. The van der Waals surface area contributed by atoms with Crippen molar-refractivity contribution < 1.29 is 0 Å². The first-order valence-corrected chi connectivity index (χ1v) is 21.9. The molecule has 0 unspecified atom stereocenters. The molecule has 3 nitrogen and oxygen atoms in total. The van der Waals surface area contributed by atoms with E-state index in [4.69, 9.17) is 0 Å². The van der Waals surface area contributed by atoms with Gasteiger partial charge in [0.2, 0.25) is 0 Å². The van der Waals surface area contributed by atoms with Gasteiger partial charge in [0.05, 0.1) is 22.1 Å². The lowest BCUT2D eigenvalue weighted by Crippen LogP contribution is -2.11. The van der Waals surface area contributed by atoms with Crippen LogP contribution in [0.4, 0.5) is 17.1 Å². The Balaban J connectivity index is 1.07. The Bertz CT molecular complexity index is 3590. The van der Waals surface area contributed by atoms with E-state index in [2.05, 4.69) is 251 Å². The third-order valence-electron chi connectivity index (χ3n) is 12.8. The summed E-state index contributed by atoms with van der Waals surface area (Å²) < 4.78 is 4.84. The predicted molar refractivity (Wildman–Crippen MR) is 268 cm³/mol. The number of aryl methyl sites for hydroxylation is 1. The quantitative estimate of drug-likeness (QED) is 0.149. The second-order valence-corrected chi connectivity index (χ2v) is 16.4. The molecular formula is C60H43N3. The highest BCUT2D eigenvalue weighted by Gasteiger charge is 2.20. The van der Waals surface area contributed by atoms with Gasteiger partial charge in [0.1, 0.15) is 0 Å². The molecule has 0 N–H and O–H groups in total. The topological polar surface area (TPSA) is 13.1 Å². The third kappa shape index (κ3) is 6.12. The summed E-state index contributed by atoms with van der Waals surface area (Å²) >= 11 is 0. The van der Waals surface area contributed by atoms with Crippen molar-refractivity contribution in [1.29, 1.82) is 0 Å². The molecule has 0 aliphatic heterocycles. The van der Waals surface area contributed by atoms with Gasteiger partial charge in [0.15, 0.2) is 0 Å². The second-order valence-electron chi connectivity index (χ2n) is 16.4. The molecule has 0 aliphatic rings. The van der Waals surface area contributed by atoms with Crippen LogP contribution >= 0.6 is 0 Å². The van der Waals surface area contributed by atoms with E-state index in [-0.39, 0.29) is 0 Å².